The molecular formula is C17H28NO9P. The number of hydrogen-bond donors (Lipinski definition) is 2. The second-order valence-electron chi connectivity index (χ2n) is 6.57. The molecule has 160 valence electrons. The number of rotatable bonds is 9. The third-order valence-electron chi connectivity index (χ3n) is 4.46. The normalized spacial score (nSPS) is 29.0. The monoisotopic (exact) mass is 421 g/mol. The lowest BCUT2D eigenvalue weighted by molar-refractivity contribution is -0.182. The van der Waals surface area contributed by atoms with Crippen molar-refractivity contribution in [1.82, 2.24) is 0 Å². The van der Waals surface area contributed by atoms with E-state index in [1.807, 2.05) is 0 Å². The van der Waals surface area contributed by atoms with Crippen LogP contribution in [0.15, 0.2) is 16.6 Å². The van der Waals surface area contributed by atoms with Gasteiger partial charge in [-0.05, 0) is 20.8 Å². The number of aliphatic hydroxyl groups excluding tert-OH is 2. The summed E-state index contributed by atoms with van der Waals surface area (Å²) in [6.45, 7) is 7.20. The Bertz CT molecular complexity index is 684. The smallest absolute Gasteiger partial charge is 0.395 e. The van der Waals surface area contributed by atoms with Gasteiger partial charge in [-0.1, -0.05) is 0 Å². The van der Waals surface area contributed by atoms with E-state index in [0.29, 0.717) is 5.90 Å². The molecule has 0 radical (unpaired) electrons. The minimum absolute atomic E-state index is 0.106. The molecule has 2 aliphatic rings. The predicted octanol–water partition coefficient (Wildman–Crippen LogP) is 1.35. The number of hydrogen-bond acceptors (Lipinski definition) is 10. The molecule has 0 spiro atoms. The third-order valence-corrected chi connectivity index (χ3v) is 6.44. The van der Waals surface area contributed by atoms with Crippen LogP contribution >= 0.6 is 7.60 Å². The molecule has 5 atom stereocenters. The molecule has 0 aromatic heterocycles. The molecule has 0 amide bonds. The number of ether oxygens (including phenoxy) is 3. The van der Waals surface area contributed by atoms with Crippen LogP contribution in [0.1, 0.15) is 34.6 Å². The van der Waals surface area contributed by atoms with Gasteiger partial charge in [0.1, 0.15) is 18.2 Å². The molecule has 0 unspecified atom stereocenters. The van der Waals surface area contributed by atoms with Crippen molar-refractivity contribution in [2.45, 2.75) is 64.6 Å². The van der Waals surface area contributed by atoms with Gasteiger partial charge in [0, 0.05) is 19.9 Å². The Kier molecular flexibility index (Phi) is 7.27. The lowest BCUT2D eigenvalue weighted by atomic mass is 9.83. The fourth-order valence-electron chi connectivity index (χ4n) is 3.27. The molecule has 2 aliphatic heterocycles. The number of nitrogens with zero attached hydrogens (tertiary/aromatic N) is 1. The maximum atomic E-state index is 13.2. The van der Waals surface area contributed by atoms with Crippen LogP contribution in [0.4, 0.5) is 0 Å². The fraction of sp³-hybridized carbons (Fsp3) is 0.765. The molecule has 0 saturated carbocycles. The Morgan fingerprint density at radius 3 is 2.50 bits per heavy atom. The van der Waals surface area contributed by atoms with Crippen molar-refractivity contribution >= 4 is 19.5 Å². The first kappa shape index (κ1) is 22.8. The van der Waals surface area contributed by atoms with Gasteiger partial charge in [-0.25, -0.2) is 4.99 Å². The lowest BCUT2D eigenvalue weighted by Gasteiger charge is -2.45. The highest BCUT2D eigenvalue weighted by Gasteiger charge is 2.58. The van der Waals surface area contributed by atoms with E-state index < -0.39 is 50.1 Å². The van der Waals surface area contributed by atoms with Crippen LogP contribution in [0, 0.1) is 0 Å². The van der Waals surface area contributed by atoms with Gasteiger partial charge in [0.05, 0.1) is 19.8 Å². The minimum Gasteiger partial charge on any atom is -0.474 e. The fourth-order valence-corrected chi connectivity index (χ4v) is 4.92. The third kappa shape index (κ3) is 4.41. The van der Waals surface area contributed by atoms with Crippen molar-refractivity contribution in [2.24, 2.45) is 4.99 Å². The first-order valence-corrected chi connectivity index (χ1v) is 10.6. The number of aliphatic imine (C=N–C) groups is 1. The Morgan fingerprint density at radius 2 is 2.00 bits per heavy atom. The summed E-state index contributed by atoms with van der Waals surface area (Å²) >= 11 is 0. The highest BCUT2D eigenvalue weighted by atomic mass is 31.2. The molecule has 11 heteroatoms. The lowest BCUT2D eigenvalue weighted by Crippen LogP contribution is -2.61. The van der Waals surface area contributed by atoms with Crippen molar-refractivity contribution in [3.05, 3.63) is 11.6 Å². The van der Waals surface area contributed by atoms with Crippen LogP contribution in [0.25, 0.3) is 0 Å². The molecule has 0 fully saturated rings. The second-order valence-corrected chi connectivity index (χ2v) is 8.53. The number of carbonyl (C=O) groups is 1. The summed E-state index contributed by atoms with van der Waals surface area (Å²) in [5, 5.41) is 20.5. The summed E-state index contributed by atoms with van der Waals surface area (Å²) in [5.74, 6) is -0.327. The second kappa shape index (κ2) is 8.92. The summed E-state index contributed by atoms with van der Waals surface area (Å²) < 4.78 is 40.5. The Hall–Kier alpha value is -1.45. The van der Waals surface area contributed by atoms with E-state index in [-0.39, 0.29) is 18.7 Å². The summed E-state index contributed by atoms with van der Waals surface area (Å²) in [4.78, 5) is 15.7. The van der Waals surface area contributed by atoms with Crippen molar-refractivity contribution in [1.29, 1.82) is 0 Å². The SMILES string of the molecule is CCOP(=O)(OCC)C1=C[C@H]2OC(C)=N[C@H]2[C@](C)([C@H](O)[C@@H](CO)OC(C)=O)O1. The van der Waals surface area contributed by atoms with Crippen LogP contribution in [0.3, 0.4) is 0 Å². The van der Waals surface area contributed by atoms with Crippen LogP contribution < -0.4 is 0 Å². The molecule has 0 aromatic rings. The van der Waals surface area contributed by atoms with Gasteiger partial charge in [0.25, 0.3) is 0 Å². The van der Waals surface area contributed by atoms with Gasteiger partial charge in [-0.2, -0.15) is 0 Å². The molecule has 2 N–H and O–H groups in total. The molecule has 28 heavy (non-hydrogen) atoms. The Morgan fingerprint density at radius 1 is 1.39 bits per heavy atom. The van der Waals surface area contributed by atoms with Crippen molar-refractivity contribution in [2.75, 3.05) is 19.8 Å². The molecule has 2 heterocycles. The van der Waals surface area contributed by atoms with E-state index >= 15 is 0 Å². The van der Waals surface area contributed by atoms with E-state index in [1.165, 1.54) is 13.0 Å². The standard InChI is InChI=1S/C17H28NO9P/c1-6-23-28(22,24-7-2)14-8-12-15(18-10(3)25-12)17(5,27-14)16(21)13(9-19)26-11(4)20/h8,12-13,15-16,19,21H,6-7,9H2,1-5H3/t12-,13-,15-,16-,17-/m1/s1. The zero-order chi connectivity index (χ0) is 21.1. The average Bonchev–Trinajstić information content (AvgIpc) is 3.00. The van der Waals surface area contributed by atoms with E-state index in [4.69, 9.17) is 23.3 Å². The van der Waals surface area contributed by atoms with Crippen LogP contribution in [0.2, 0.25) is 0 Å². The number of carbonyl (C=O) groups excluding carboxylic acids is 1. The van der Waals surface area contributed by atoms with Crippen LogP contribution in [0.5, 0.6) is 0 Å². The summed E-state index contributed by atoms with van der Waals surface area (Å²) in [5.41, 5.74) is -1.66. The maximum Gasteiger partial charge on any atom is 0.395 e. The summed E-state index contributed by atoms with van der Waals surface area (Å²) in [7, 11) is -3.82. The number of esters is 1. The maximum absolute atomic E-state index is 13.2. The zero-order valence-corrected chi connectivity index (χ0v) is 17.5. The molecule has 10 nitrogen and oxygen atoms in total. The highest BCUT2D eigenvalue weighted by molar-refractivity contribution is 7.58. The molecule has 0 bridgehead atoms. The van der Waals surface area contributed by atoms with Gasteiger partial charge in [0.2, 0.25) is 5.50 Å². The largest absolute Gasteiger partial charge is 0.474 e. The number of fused-ring (bicyclic) bond motifs is 1. The quantitative estimate of drug-likeness (QED) is 0.418. The van der Waals surface area contributed by atoms with E-state index in [0.717, 1.165) is 6.92 Å². The van der Waals surface area contributed by atoms with Gasteiger partial charge < -0.3 is 33.5 Å². The summed E-state index contributed by atoms with van der Waals surface area (Å²) in [6, 6.07) is -0.729. The van der Waals surface area contributed by atoms with Gasteiger partial charge in [-0.3, -0.25) is 9.36 Å². The van der Waals surface area contributed by atoms with E-state index in [9.17, 15) is 19.6 Å². The molecule has 2 rings (SSSR count). The number of aliphatic hydroxyl groups is 2. The molecule has 0 saturated heterocycles. The van der Waals surface area contributed by atoms with Crippen LogP contribution in [-0.2, 0) is 32.6 Å². The zero-order valence-electron chi connectivity index (χ0n) is 16.7. The van der Waals surface area contributed by atoms with Crippen molar-refractivity contribution in [3.63, 3.8) is 0 Å². The predicted molar refractivity (Wildman–Crippen MR) is 98.8 cm³/mol. The van der Waals surface area contributed by atoms with Crippen LogP contribution in [-0.4, -0.2) is 71.9 Å². The molecular weight excluding hydrogens is 393 g/mol. The highest BCUT2D eigenvalue weighted by Crippen LogP contribution is 2.60. The Labute approximate surface area is 164 Å². The van der Waals surface area contributed by atoms with Gasteiger partial charge >= 0.3 is 13.6 Å². The van der Waals surface area contributed by atoms with E-state index in [2.05, 4.69) is 4.99 Å². The molecule has 0 aromatic carbocycles. The first-order chi connectivity index (χ1) is 13.1. The van der Waals surface area contributed by atoms with Gasteiger partial charge in [-0.15, -0.1) is 0 Å². The van der Waals surface area contributed by atoms with Crippen molar-refractivity contribution in [3.8, 4) is 0 Å². The van der Waals surface area contributed by atoms with E-state index in [1.54, 1.807) is 20.8 Å². The minimum atomic E-state index is -3.82. The first-order valence-electron chi connectivity index (χ1n) is 9.09. The Balaban J connectivity index is 2.46. The van der Waals surface area contributed by atoms with Gasteiger partial charge in [0.15, 0.2) is 17.6 Å². The molecule has 0 aliphatic carbocycles. The average molecular weight is 421 g/mol. The summed E-state index contributed by atoms with van der Waals surface area (Å²) in [6.07, 6.45) is -2.02. The topological polar surface area (TPSA) is 133 Å². The van der Waals surface area contributed by atoms with Crippen molar-refractivity contribution < 1.29 is 42.8 Å².